The molecule has 0 aliphatic heterocycles. The molecule has 9 nitrogen and oxygen atoms in total. The highest BCUT2D eigenvalue weighted by Gasteiger charge is 2.28. The Labute approximate surface area is 223 Å². The molecule has 200 valence electrons. The molecule has 0 saturated heterocycles. The predicted octanol–water partition coefficient (Wildman–Crippen LogP) is 3.55. The first-order chi connectivity index (χ1) is 18.1. The van der Waals surface area contributed by atoms with Crippen molar-refractivity contribution < 1.29 is 22.7 Å². The maximum atomic E-state index is 13.5. The molecule has 2 N–H and O–H groups in total. The number of nitrogens with one attached hydrogen (secondary N) is 2. The van der Waals surface area contributed by atoms with Crippen LogP contribution in [0.5, 0.6) is 5.75 Å². The summed E-state index contributed by atoms with van der Waals surface area (Å²) in [5.74, 6) is -0.297. The number of para-hydroxylation sites is 1. The minimum absolute atomic E-state index is 0.0337. The maximum Gasteiger partial charge on any atom is 0.264 e. The van der Waals surface area contributed by atoms with Crippen molar-refractivity contribution in [3.63, 3.8) is 0 Å². The van der Waals surface area contributed by atoms with Gasteiger partial charge in [0.25, 0.3) is 21.8 Å². The third kappa shape index (κ3) is 7.91. The molecule has 0 atom stereocenters. The maximum absolute atomic E-state index is 13.5. The van der Waals surface area contributed by atoms with Crippen molar-refractivity contribution in [3.8, 4) is 5.75 Å². The highest BCUT2D eigenvalue weighted by molar-refractivity contribution is 7.92. The van der Waals surface area contributed by atoms with Crippen LogP contribution in [0.1, 0.15) is 30.5 Å². The number of hydrogen-bond acceptors (Lipinski definition) is 6. The normalized spacial score (nSPS) is 11.4. The van der Waals surface area contributed by atoms with Gasteiger partial charge in [-0.25, -0.2) is 13.8 Å². The minimum atomic E-state index is -4.01. The van der Waals surface area contributed by atoms with E-state index in [2.05, 4.69) is 15.8 Å². The first-order valence-corrected chi connectivity index (χ1v) is 13.5. The van der Waals surface area contributed by atoms with Crippen LogP contribution in [0.25, 0.3) is 0 Å². The standard InChI is InChI=1S/C28H32N4O5S/c1-20(2)30-28(34)19-37-24-13-11-23(12-14-24)17-29-31-27(33)18-32(26-8-6-5-7-22(26)4)38(35,36)25-15-9-21(3)10-16-25/h5-17,20H,18-19H2,1-4H3,(H,30,34)(H,31,33)/b29-17-. The summed E-state index contributed by atoms with van der Waals surface area (Å²) in [6.07, 6.45) is 1.43. The minimum Gasteiger partial charge on any atom is -0.484 e. The van der Waals surface area contributed by atoms with E-state index < -0.39 is 22.5 Å². The summed E-state index contributed by atoms with van der Waals surface area (Å²) < 4.78 is 33.5. The third-order valence-electron chi connectivity index (χ3n) is 5.38. The van der Waals surface area contributed by atoms with Crippen LogP contribution in [0.15, 0.2) is 82.8 Å². The van der Waals surface area contributed by atoms with Gasteiger partial charge in [0, 0.05) is 6.04 Å². The van der Waals surface area contributed by atoms with E-state index in [1.54, 1.807) is 67.6 Å². The number of anilines is 1. The summed E-state index contributed by atoms with van der Waals surface area (Å²) >= 11 is 0. The molecule has 38 heavy (non-hydrogen) atoms. The molecular formula is C28H32N4O5S. The molecule has 0 aromatic heterocycles. The number of carbonyl (C=O) groups is 2. The zero-order valence-electron chi connectivity index (χ0n) is 21.8. The smallest absolute Gasteiger partial charge is 0.264 e. The van der Waals surface area contributed by atoms with E-state index in [1.165, 1.54) is 18.3 Å². The first kappa shape index (κ1) is 28.4. The van der Waals surface area contributed by atoms with Gasteiger partial charge in [-0.1, -0.05) is 35.9 Å². The monoisotopic (exact) mass is 536 g/mol. The number of ether oxygens (including phenoxy) is 1. The fourth-order valence-electron chi connectivity index (χ4n) is 3.49. The number of hydrogen-bond donors (Lipinski definition) is 2. The zero-order chi connectivity index (χ0) is 27.7. The lowest BCUT2D eigenvalue weighted by atomic mass is 10.2. The molecule has 3 rings (SSSR count). The number of aryl methyl sites for hydroxylation is 2. The molecule has 0 fully saturated rings. The Morgan fingerprint density at radius 1 is 0.947 bits per heavy atom. The Hall–Kier alpha value is -4.18. The topological polar surface area (TPSA) is 117 Å². The number of rotatable bonds is 11. The molecule has 3 aromatic rings. The molecule has 0 spiro atoms. The van der Waals surface area contributed by atoms with E-state index in [0.29, 0.717) is 22.6 Å². The van der Waals surface area contributed by atoms with Crippen molar-refractivity contribution in [2.45, 2.75) is 38.6 Å². The number of carbonyl (C=O) groups excluding carboxylic acids is 2. The fraction of sp³-hybridized carbons (Fsp3) is 0.250. The largest absolute Gasteiger partial charge is 0.484 e. The molecule has 3 aromatic carbocycles. The van der Waals surface area contributed by atoms with E-state index >= 15 is 0 Å². The fourth-order valence-corrected chi connectivity index (χ4v) is 4.97. The van der Waals surface area contributed by atoms with Gasteiger partial charge in [0.1, 0.15) is 12.3 Å². The molecule has 0 radical (unpaired) electrons. The van der Waals surface area contributed by atoms with Crippen LogP contribution in [0.4, 0.5) is 5.69 Å². The van der Waals surface area contributed by atoms with Crippen LogP contribution in [-0.4, -0.2) is 45.6 Å². The Bertz CT molecular complexity index is 1390. The lowest BCUT2D eigenvalue weighted by Gasteiger charge is -2.25. The van der Waals surface area contributed by atoms with E-state index in [9.17, 15) is 18.0 Å². The zero-order valence-corrected chi connectivity index (χ0v) is 22.7. The summed E-state index contributed by atoms with van der Waals surface area (Å²) in [7, 11) is -4.01. The summed E-state index contributed by atoms with van der Waals surface area (Å²) in [6, 6.07) is 20.3. The Balaban J connectivity index is 1.67. The van der Waals surface area contributed by atoms with Gasteiger partial charge in [-0.2, -0.15) is 5.10 Å². The number of hydrazone groups is 1. The van der Waals surface area contributed by atoms with Gasteiger partial charge in [0.05, 0.1) is 16.8 Å². The third-order valence-corrected chi connectivity index (χ3v) is 7.16. The molecule has 0 saturated carbocycles. The number of amides is 2. The molecule has 0 unspecified atom stereocenters. The molecule has 0 aliphatic carbocycles. The lowest BCUT2D eigenvalue weighted by Crippen LogP contribution is -2.40. The van der Waals surface area contributed by atoms with Gasteiger partial charge in [-0.05, 0) is 81.3 Å². The van der Waals surface area contributed by atoms with Crippen LogP contribution in [0.3, 0.4) is 0 Å². The molecular weight excluding hydrogens is 504 g/mol. The summed E-state index contributed by atoms with van der Waals surface area (Å²) in [6.45, 7) is 6.84. The lowest BCUT2D eigenvalue weighted by molar-refractivity contribution is -0.123. The Kier molecular flexibility index (Phi) is 9.61. The molecule has 0 bridgehead atoms. The van der Waals surface area contributed by atoms with E-state index in [4.69, 9.17) is 4.74 Å². The second-order valence-corrected chi connectivity index (χ2v) is 10.8. The SMILES string of the molecule is Cc1ccc(S(=O)(=O)N(CC(=O)N/N=C\c2ccc(OCC(=O)NC(C)C)cc2)c2ccccc2C)cc1. The van der Waals surface area contributed by atoms with Crippen LogP contribution < -0.4 is 19.8 Å². The van der Waals surface area contributed by atoms with Gasteiger partial charge < -0.3 is 10.1 Å². The number of sulfonamides is 1. The predicted molar refractivity (Wildman–Crippen MR) is 148 cm³/mol. The van der Waals surface area contributed by atoms with Crippen LogP contribution in [0, 0.1) is 13.8 Å². The van der Waals surface area contributed by atoms with E-state index in [-0.39, 0.29) is 23.5 Å². The van der Waals surface area contributed by atoms with Crippen molar-refractivity contribution in [2.24, 2.45) is 5.10 Å². The highest BCUT2D eigenvalue weighted by atomic mass is 32.2. The quantitative estimate of drug-likeness (QED) is 0.287. The second kappa shape index (κ2) is 12.9. The first-order valence-electron chi connectivity index (χ1n) is 12.1. The Morgan fingerprint density at radius 2 is 1.61 bits per heavy atom. The van der Waals surface area contributed by atoms with Crippen molar-refractivity contribution >= 4 is 33.7 Å². The summed E-state index contributed by atoms with van der Waals surface area (Å²) in [4.78, 5) is 24.5. The van der Waals surface area contributed by atoms with E-state index in [0.717, 1.165) is 9.87 Å². The molecule has 2 amide bonds. The average molecular weight is 537 g/mol. The van der Waals surface area contributed by atoms with Crippen molar-refractivity contribution in [2.75, 3.05) is 17.5 Å². The van der Waals surface area contributed by atoms with Gasteiger partial charge in [-0.3, -0.25) is 13.9 Å². The number of benzene rings is 3. The van der Waals surface area contributed by atoms with Crippen molar-refractivity contribution in [1.82, 2.24) is 10.7 Å². The summed E-state index contributed by atoms with van der Waals surface area (Å²) in [5.41, 5.74) is 5.11. The Morgan fingerprint density at radius 3 is 2.24 bits per heavy atom. The van der Waals surface area contributed by atoms with Gasteiger partial charge in [0.2, 0.25) is 0 Å². The van der Waals surface area contributed by atoms with Crippen LogP contribution in [-0.2, 0) is 19.6 Å². The van der Waals surface area contributed by atoms with Gasteiger partial charge >= 0.3 is 0 Å². The van der Waals surface area contributed by atoms with E-state index in [1.807, 2.05) is 20.8 Å². The number of nitrogens with zero attached hydrogens (tertiary/aromatic N) is 2. The molecule has 0 aliphatic rings. The van der Waals surface area contributed by atoms with Gasteiger partial charge in [-0.15, -0.1) is 0 Å². The van der Waals surface area contributed by atoms with Crippen molar-refractivity contribution in [1.29, 1.82) is 0 Å². The molecule has 0 heterocycles. The summed E-state index contributed by atoms with van der Waals surface area (Å²) in [5, 5.41) is 6.71. The average Bonchev–Trinajstić information content (AvgIpc) is 2.87. The van der Waals surface area contributed by atoms with Crippen molar-refractivity contribution in [3.05, 3.63) is 89.5 Å². The second-order valence-electron chi connectivity index (χ2n) is 8.98. The van der Waals surface area contributed by atoms with Crippen LogP contribution >= 0.6 is 0 Å². The van der Waals surface area contributed by atoms with Crippen LogP contribution in [0.2, 0.25) is 0 Å². The molecule has 10 heteroatoms. The van der Waals surface area contributed by atoms with Gasteiger partial charge in [0.15, 0.2) is 6.61 Å². The highest BCUT2D eigenvalue weighted by Crippen LogP contribution is 2.26.